The van der Waals surface area contributed by atoms with E-state index in [-0.39, 0.29) is 30.2 Å². The number of amides is 2. The lowest BCUT2D eigenvalue weighted by atomic mass is 9.96. The number of rotatable bonds is 4. The van der Waals surface area contributed by atoms with Crippen LogP contribution in [-0.4, -0.2) is 28.5 Å². The molecule has 1 unspecified atom stereocenters. The maximum atomic E-state index is 12.5. The number of nitrogens with zero attached hydrogens (tertiary/aromatic N) is 2. The highest BCUT2D eigenvalue weighted by molar-refractivity contribution is 5.87. The van der Waals surface area contributed by atoms with Gasteiger partial charge in [-0.25, -0.2) is 0 Å². The molecule has 2 aromatic rings. The van der Waals surface area contributed by atoms with E-state index < -0.39 is 0 Å². The molecule has 2 N–H and O–H groups in total. The van der Waals surface area contributed by atoms with Crippen LogP contribution in [0.4, 0.5) is 0 Å². The van der Waals surface area contributed by atoms with Gasteiger partial charge in [0, 0.05) is 30.9 Å². The third-order valence-electron chi connectivity index (χ3n) is 5.18. The lowest BCUT2D eigenvalue weighted by Gasteiger charge is -2.23. The highest BCUT2D eigenvalue weighted by atomic mass is 16.5. The van der Waals surface area contributed by atoms with Crippen molar-refractivity contribution in [1.82, 2.24) is 20.8 Å². The van der Waals surface area contributed by atoms with Gasteiger partial charge in [-0.3, -0.25) is 9.59 Å². The molecule has 0 bridgehead atoms. The Morgan fingerprint density at radius 2 is 2.27 bits per heavy atom. The average Bonchev–Trinajstić information content (AvgIpc) is 3.28. The standard InChI is InChI=1S/C19H22N4O3/c1-2-17-22-18(23-26-17)12-3-5-14-11(9-12)4-6-15(14)21-19(25)13-7-8-20-16(24)10-13/h3,5,9,13,15H,2,4,6-8,10H2,1H3,(H,20,24)(H,21,25)/t13?,15-/m1/s1. The predicted molar refractivity (Wildman–Crippen MR) is 94.1 cm³/mol. The summed E-state index contributed by atoms with van der Waals surface area (Å²) in [4.78, 5) is 28.4. The number of nitrogens with one attached hydrogen (secondary N) is 2. The van der Waals surface area contributed by atoms with Crippen molar-refractivity contribution in [2.24, 2.45) is 5.92 Å². The minimum absolute atomic E-state index is 0.00742. The molecule has 1 fully saturated rings. The Morgan fingerprint density at radius 3 is 3.04 bits per heavy atom. The van der Waals surface area contributed by atoms with Crippen LogP contribution >= 0.6 is 0 Å². The van der Waals surface area contributed by atoms with Crippen molar-refractivity contribution in [2.45, 2.75) is 45.1 Å². The third kappa shape index (κ3) is 3.21. The first-order valence-corrected chi connectivity index (χ1v) is 9.17. The molecule has 136 valence electrons. The van der Waals surface area contributed by atoms with Crippen LogP contribution < -0.4 is 10.6 Å². The van der Waals surface area contributed by atoms with E-state index in [0.29, 0.717) is 31.1 Å². The van der Waals surface area contributed by atoms with E-state index in [9.17, 15) is 9.59 Å². The van der Waals surface area contributed by atoms with Crippen LogP contribution in [0.1, 0.15) is 49.2 Å². The molecule has 0 spiro atoms. The van der Waals surface area contributed by atoms with Crippen LogP contribution in [0.3, 0.4) is 0 Å². The van der Waals surface area contributed by atoms with Gasteiger partial charge < -0.3 is 15.2 Å². The molecule has 4 rings (SSSR count). The Bertz CT molecular complexity index is 845. The first-order valence-electron chi connectivity index (χ1n) is 9.17. The maximum absolute atomic E-state index is 12.5. The Morgan fingerprint density at radius 1 is 1.38 bits per heavy atom. The summed E-state index contributed by atoms with van der Waals surface area (Å²) < 4.78 is 5.19. The molecule has 7 heteroatoms. The van der Waals surface area contributed by atoms with E-state index in [4.69, 9.17) is 4.52 Å². The van der Waals surface area contributed by atoms with Crippen LogP contribution in [0.5, 0.6) is 0 Å². The molecular weight excluding hydrogens is 332 g/mol. The summed E-state index contributed by atoms with van der Waals surface area (Å²) in [6.07, 6.45) is 3.47. The largest absolute Gasteiger partial charge is 0.356 e. The number of hydrogen-bond donors (Lipinski definition) is 2. The van der Waals surface area contributed by atoms with Crippen molar-refractivity contribution in [3.63, 3.8) is 0 Å². The Labute approximate surface area is 151 Å². The van der Waals surface area contributed by atoms with Crippen LogP contribution in [0, 0.1) is 5.92 Å². The van der Waals surface area contributed by atoms with Crippen molar-refractivity contribution in [2.75, 3.05) is 6.54 Å². The summed E-state index contributed by atoms with van der Waals surface area (Å²) in [6, 6.07) is 6.10. The smallest absolute Gasteiger partial charge is 0.226 e. The van der Waals surface area contributed by atoms with Crippen molar-refractivity contribution < 1.29 is 14.1 Å². The van der Waals surface area contributed by atoms with E-state index in [1.54, 1.807) is 0 Å². The number of benzene rings is 1. The molecule has 2 atom stereocenters. The number of carbonyl (C=O) groups excluding carboxylic acids is 2. The number of piperidine rings is 1. The molecule has 26 heavy (non-hydrogen) atoms. The van der Waals surface area contributed by atoms with Gasteiger partial charge in [0.25, 0.3) is 0 Å². The monoisotopic (exact) mass is 354 g/mol. The molecule has 2 aliphatic rings. The van der Waals surface area contributed by atoms with Gasteiger partial charge in [0.15, 0.2) is 0 Å². The Balaban J connectivity index is 1.47. The average molecular weight is 354 g/mol. The molecule has 1 saturated heterocycles. The van der Waals surface area contributed by atoms with Crippen molar-refractivity contribution in [3.8, 4) is 11.4 Å². The van der Waals surface area contributed by atoms with Gasteiger partial charge in [0.2, 0.25) is 23.5 Å². The zero-order valence-electron chi connectivity index (χ0n) is 14.7. The SMILES string of the molecule is CCc1nc(-c2ccc3c(c2)CC[C@H]3NC(=O)C2CCNC(=O)C2)no1. The third-order valence-corrected chi connectivity index (χ3v) is 5.18. The highest BCUT2D eigenvalue weighted by Gasteiger charge is 2.30. The van der Waals surface area contributed by atoms with E-state index in [0.717, 1.165) is 24.0 Å². The van der Waals surface area contributed by atoms with Gasteiger partial charge in [0.1, 0.15) is 0 Å². The summed E-state index contributed by atoms with van der Waals surface area (Å²) in [5, 5.41) is 9.92. The molecule has 7 nitrogen and oxygen atoms in total. The van der Waals surface area contributed by atoms with Gasteiger partial charge >= 0.3 is 0 Å². The summed E-state index contributed by atoms with van der Waals surface area (Å²) >= 11 is 0. The second-order valence-corrected chi connectivity index (χ2v) is 6.92. The van der Waals surface area contributed by atoms with Gasteiger partial charge in [-0.15, -0.1) is 0 Å². The van der Waals surface area contributed by atoms with E-state index in [1.807, 2.05) is 19.1 Å². The fourth-order valence-electron chi connectivity index (χ4n) is 3.72. The van der Waals surface area contributed by atoms with Crippen LogP contribution in [0.25, 0.3) is 11.4 Å². The van der Waals surface area contributed by atoms with Gasteiger partial charge in [-0.2, -0.15) is 4.98 Å². The molecule has 0 radical (unpaired) electrons. The van der Waals surface area contributed by atoms with Gasteiger partial charge in [0.05, 0.1) is 6.04 Å². The second kappa shape index (κ2) is 6.90. The molecule has 2 amide bonds. The minimum atomic E-state index is -0.223. The lowest BCUT2D eigenvalue weighted by Crippen LogP contribution is -2.41. The molecule has 1 aromatic heterocycles. The first-order chi connectivity index (χ1) is 12.6. The summed E-state index contributed by atoms with van der Waals surface area (Å²) in [5.74, 6) is 0.943. The number of fused-ring (bicyclic) bond motifs is 1. The Kier molecular flexibility index (Phi) is 4.44. The van der Waals surface area contributed by atoms with Gasteiger partial charge in [-0.1, -0.05) is 24.2 Å². The van der Waals surface area contributed by atoms with Crippen LogP contribution in [0.15, 0.2) is 22.7 Å². The molecule has 1 aromatic carbocycles. The molecule has 1 aliphatic heterocycles. The van der Waals surface area contributed by atoms with E-state index >= 15 is 0 Å². The van der Waals surface area contributed by atoms with Crippen molar-refractivity contribution in [3.05, 3.63) is 35.2 Å². The zero-order chi connectivity index (χ0) is 18.1. The van der Waals surface area contributed by atoms with Crippen LogP contribution in [0.2, 0.25) is 0 Å². The summed E-state index contributed by atoms with van der Waals surface area (Å²) in [5.41, 5.74) is 3.28. The lowest BCUT2D eigenvalue weighted by molar-refractivity contribution is -0.132. The van der Waals surface area contributed by atoms with Gasteiger partial charge in [-0.05, 0) is 36.5 Å². The number of carbonyl (C=O) groups is 2. The van der Waals surface area contributed by atoms with Crippen molar-refractivity contribution in [1.29, 1.82) is 0 Å². The number of hydrogen-bond acceptors (Lipinski definition) is 5. The minimum Gasteiger partial charge on any atom is -0.356 e. The fraction of sp³-hybridized carbons (Fsp3) is 0.474. The molecular formula is C19H22N4O3. The Hall–Kier alpha value is -2.70. The normalized spacial score (nSPS) is 22.0. The van der Waals surface area contributed by atoms with Crippen LogP contribution in [-0.2, 0) is 22.4 Å². The molecule has 2 heterocycles. The molecule has 0 saturated carbocycles. The van der Waals surface area contributed by atoms with E-state index in [1.165, 1.54) is 5.56 Å². The fourth-order valence-corrected chi connectivity index (χ4v) is 3.72. The zero-order valence-corrected chi connectivity index (χ0v) is 14.7. The quantitative estimate of drug-likeness (QED) is 0.874. The molecule has 1 aliphatic carbocycles. The topological polar surface area (TPSA) is 97.1 Å². The predicted octanol–water partition coefficient (Wildman–Crippen LogP) is 1.93. The summed E-state index contributed by atoms with van der Waals surface area (Å²) in [7, 11) is 0. The second-order valence-electron chi connectivity index (χ2n) is 6.92. The number of aryl methyl sites for hydroxylation is 2. The maximum Gasteiger partial charge on any atom is 0.226 e. The number of aromatic nitrogens is 2. The summed E-state index contributed by atoms with van der Waals surface area (Å²) in [6.45, 7) is 2.55. The van der Waals surface area contributed by atoms with E-state index in [2.05, 4.69) is 26.8 Å². The van der Waals surface area contributed by atoms with Crippen molar-refractivity contribution >= 4 is 11.8 Å². The first kappa shape index (κ1) is 16.8. The highest BCUT2D eigenvalue weighted by Crippen LogP contribution is 2.34.